The topological polar surface area (TPSA) is 45.7 Å². The minimum absolute atomic E-state index is 0. The third-order valence-electron chi connectivity index (χ3n) is 6.31. The lowest BCUT2D eigenvalue weighted by Gasteiger charge is -2.29. The summed E-state index contributed by atoms with van der Waals surface area (Å²) in [4.78, 5) is 22.9. The molecule has 2 heterocycles. The third kappa shape index (κ3) is 5.26. The average molecular weight is 496 g/mol. The molecule has 0 atom stereocenters. The highest BCUT2D eigenvalue weighted by atomic mass is 35.5. The summed E-state index contributed by atoms with van der Waals surface area (Å²) in [5, 5.41) is 3.09. The molecule has 0 N–H and O–H groups in total. The first-order valence-electron chi connectivity index (χ1n) is 11.5. The largest absolute Gasteiger partial charge is 0.379 e. The molecule has 0 saturated carbocycles. The van der Waals surface area contributed by atoms with Gasteiger partial charge in [-0.25, -0.2) is 4.98 Å². The summed E-state index contributed by atoms with van der Waals surface area (Å²) in [6, 6.07) is 18.7. The van der Waals surface area contributed by atoms with Gasteiger partial charge in [0.1, 0.15) is 0 Å². The van der Waals surface area contributed by atoms with Crippen LogP contribution in [0.3, 0.4) is 0 Å². The second kappa shape index (κ2) is 10.8. The standard InChI is InChI=1S/C27H29N3O2S.ClH/c1-19-16-20(2)26-24(17-19)28-27(33-26)30(11-10-29-12-14-32-15-13-29)25(31)18-22-8-5-7-21-6-3-4-9-23(21)22;/h3-9,16-17H,10-15,18H2,1-2H3;1H. The highest BCUT2D eigenvalue weighted by Crippen LogP contribution is 2.32. The van der Waals surface area contributed by atoms with Crippen LogP contribution >= 0.6 is 23.7 Å². The number of hydrogen-bond acceptors (Lipinski definition) is 5. The fraction of sp³-hybridized carbons (Fsp3) is 0.333. The molecule has 1 saturated heterocycles. The van der Waals surface area contributed by atoms with E-state index in [1.807, 2.05) is 23.1 Å². The van der Waals surface area contributed by atoms with Crippen LogP contribution in [-0.2, 0) is 16.0 Å². The maximum Gasteiger partial charge on any atom is 0.233 e. The molecule has 0 bridgehead atoms. The van der Waals surface area contributed by atoms with E-state index in [1.165, 1.54) is 11.1 Å². The van der Waals surface area contributed by atoms with E-state index in [2.05, 4.69) is 55.1 Å². The SMILES string of the molecule is Cc1cc(C)c2sc(N(CCN3CCOCC3)C(=O)Cc3cccc4ccccc34)nc2c1.Cl. The van der Waals surface area contributed by atoms with Crippen LogP contribution in [0.4, 0.5) is 5.13 Å². The van der Waals surface area contributed by atoms with Gasteiger partial charge < -0.3 is 4.74 Å². The van der Waals surface area contributed by atoms with Crippen LogP contribution in [0.2, 0.25) is 0 Å². The first kappa shape index (κ1) is 24.6. The van der Waals surface area contributed by atoms with Crippen LogP contribution in [-0.4, -0.2) is 55.2 Å². The number of thiazole rings is 1. The summed E-state index contributed by atoms with van der Waals surface area (Å²) in [5.74, 6) is 0.0908. The van der Waals surface area contributed by atoms with E-state index < -0.39 is 0 Å². The first-order valence-corrected chi connectivity index (χ1v) is 12.3. The molecular weight excluding hydrogens is 466 g/mol. The van der Waals surface area contributed by atoms with Gasteiger partial charge in [0.2, 0.25) is 5.91 Å². The predicted octanol–water partition coefficient (Wildman–Crippen LogP) is 5.40. The van der Waals surface area contributed by atoms with Gasteiger partial charge in [0.15, 0.2) is 5.13 Å². The molecule has 1 aliphatic rings. The molecule has 1 aliphatic heterocycles. The zero-order valence-corrected chi connectivity index (χ0v) is 21.3. The van der Waals surface area contributed by atoms with Crippen molar-refractivity contribution in [3.8, 4) is 0 Å². The van der Waals surface area contributed by atoms with Gasteiger partial charge in [-0.2, -0.15) is 0 Å². The van der Waals surface area contributed by atoms with Crippen LogP contribution in [0.5, 0.6) is 0 Å². The minimum atomic E-state index is 0. The number of rotatable bonds is 6. The monoisotopic (exact) mass is 495 g/mol. The molecule has 4 aromatic rings. The van der Waals surface area contributed by atoms with Crippen molar-refractivity contribution in [3.63, 3.8) is 0 Å². The number of amides is 1. The molecule has 5 nitrogen and oxygen atoms in total. The van der Waals surface area contributed by atoms with Crippen LogP contribution < -0.4 is 4.90 Å². The number of morpholine rings is 1. The summed E-state index contributed by atoms with van der Waals surface area (Å²) >= 11 is 1.62. The highest BCUT2D eigenvalue weighted by Gasteiger charge is 2.23. The van der Waals surface area contributed by atoms with E-state index in [9.17, 15) is 4.79 Å². The number of hydrogen-bond donors (Lipinski definition) is 0. The smallest absolute Gasteiger partial charge is 0.233 e. The fourth-order valence-electron chi connectivity index (χ4n) is 4.58. The molecule has 0 radical (unpaired) electrons. The zero-order valence-electron chi connectivity index (χ0n) is 19.6. The quantitative estimate of drug-likeness (QED) is 0.359. The normalized spacial score (nSPS) is 14.3. The van der Waals surface area contributed by atoms with Gasteiger partial charge in [0.25, 0.3) is 0 Å². The number of anilines is 1. The lowest BCUT2D eigenvalue weighted by molar-refractivity contribution is -0.118. The Labute approximate surface area is 210 Å². The van der Waals surface area contributed by atoms with Crippen LogP contribution in [0.15, 0.2) is 54.6 Å². The molecule has 178 valence electrons. The second-order valence-electron chi connectivity index (χ2n) is 8.74. The van der Waals surface area contributed by atoms with Crippen molar-refractivity contribution < 1.29 is 9.53 Å². The molecule has 0 spiro atoms. The number of benzene rings is 3. The Morgan fingerprint density at radius 1 is 1.09 bits per heavy atom. The van der Waals surface area contributed by atoms with E-state index in [4.69, 9.17) is 9.72 Å². The molecule has 0 unspecified atom stereocenters. The molecule has 1 fully saturated rings. The van der Waals surface area contributed by atoms with Crippen LogP contribution in [0.25, 0.3) is 21.0 Å². The van der Waals surface area contributed by atoms with E-state index in [0.29, 0.717) is 13.0 Å². The van der Waals surface area contributed by atoms with Gasteiger partial charge >= 0.3 is 0 Å². The fourth-order valence-corrected chi connectivity index (χ4v) is 5.64. The molecule has 34 heavy (non-hydrogen) atoms. The van der Waals surface area contributed by atoms with Crippen molar-refractivity contribution in [1.82, 2.24) is 9.88 Å². The molecule has 1 aromatic heterocycles. The molecule has 7 heteroatoms. The number of carbonyl (C=O) groups is 1. The van der Waals surface area contributed by atoms with Gasteiger partial charge in [-0.05, 0) is 47.4 Å². The summed E-state index contributed by atoms with van der Waals surface area (Å²) in [5.41, 5.74) is 4.44. The average Bonchev–Trinajstić information content (AvgIpc) is 3.24. The van der Waals surface area contributed by atoms with Crippen molar-refractivity contribution in [1.29, 1.82) is 0 Å². The molecule has 1 amide bonds. The minimum Gasteiger partial charge on any atom is -0.379 e. The molecular formula is C27H30ClN3O2S. The van der Waals surface area contributed by atoms with Crippen molar-refractivity contribution >= 4 is 55.8 Å². The zero-order chi connectivity index (χ0) is 22.8. The van der Waals surface area contributed by atoms with E-state index in [-0.39, 0.29) is 18.3 Å². The van der Waals surface area contributed by atoms with Gasteiger partial charge in [-0.1, -0.05) is 59.9 Å². The summed E-state index contributed by atoms with van der Waals surface area (Å²) in [7, 11) is 0. The summed E-state index contributed by atoms with van der Waals surface area (Å²) in [6.07, 6.45) is 0.360. The maximum absolute atomic E-state index is 13.7. The summed E-state index contributed by atoms with van der Waals surface area (Å²) < 4.78 is 6.65. The molecule has 0 aliphatic carbocycles. The predicted molar refractivity (Wildman–Crippen MR) is 144 cm³/mol. The van der Waals surface area contributed by atoms with Gasteiger partial charge in [0, 0.05) is 26.2 Å². The third-order valence-corrected chi connectivity index (χ3v) is 7.54. The highest BCUT2D eigenvalue weighted by molar-refractivity contribution is 7.22. The van der Waals surface area contributed by atoms with Crippen molar-refractivity contribution in [2.75, 3.05) is 44.3 Å². The van der Waals surface area contributed by atoms with Crippen LogP contribution in [0, 0.1) is 13.8 Å². The second-order valence-corrected chi connectivity index (χ2v) is 9.72. The van der Waals surface area contributed by atoms with E-state index in [0.717, 1.165) is 64.5 Å². The van der Waals surface area contributed by atoms with Gasteiger partial charge in [-0.15, -0.1) is 12.4 Å². The number of ether oxygens (including phenoxy) is 1. The van der Waals surface area contributed by atoms with Crippen molar-refractivity contribution in [2.24, 2.45) is 0 Å². The maximum atomic E-state index is 13.7. The lowest BCUT2D eigenvalue weighted by atomic mass is 10.0. The number of carbonyl (C=O) groups excluding carboxylic acids is 1. The Balaban J connectivity index is 0.00000274. The molecule has 5 rings (SSSR count). The number of aromatic nitrogens is 1. The number of nitrogens with zero attached hydrogens (tertiary/aromatic N) is 3. The Morgan fingerprint density at radius 2 is 1.85 bits per heavy atom. The Morgan fingerprint density at radius 3 is 2.68 bits per heavy atom. The Kier molecular flexibility index (Phi) is 7.84. The first-order chi connectivity index (χ1) is 16.1. The lowest BCUT2D eigenvalue weighted by Crippen LogP contribution is -2.43. The van der Waals surface area contributed by atoms with E-state index in [1.54, 1.807) is 11.3 Å². The summed E-state index contributed by atoms with van der Waals surface area (Å²) in [6.45, 7) is 8.97. The molecule has 3 aromatic carbocycles. The van der Waals surface area contributed by atoms with E-state index >= 15 is 0 Å². The number of halogens is 1. The van der Waals surface area contributed by atoms with Crippen LogP contribution in [0.1, 0.15) is 16.7 Å². The number of fused-ring (bicyclic) bond motifs is 2. The number of aryl methyl sites for hydroxylation is 2. The van der Waals surface area contributed by atoms with Crippen molar-refractivity contribution in [2.45, 2.75) is 20.3 Å². The van der Waals surface area contributed by atoms with Crippen molar-refractivity contribution in [3.05, 3.63) is 71.3 Å². The van der Waals surface area contributed by atoms with Gasteiger partial charge in [0.05, 0.1) is 29.9 Å². The Hall–Kier alpha value is -2.51. The van der Waals surface area contributed by atoms with Gasteiger partial charge in [-0.3, -0.25) is 14.6 Å². The Bertz CT molecular complexity index is 1290.